The molecule has 0 saturated carbocycles. The van der Waals surface area contributed by atoms with Gasteiger partial charge in [-0.05, 0) is 26.3 Å². The largest absolute Gasteiger partial charge is 0.461 e. The highest BCUT2D eigenvalue weighted by molar-refractivity contribution is 5.87. The lowest BCUT2D eigenvalue weighted by Gasteiger charge is -2.23. The second kappa shape index (κ2) is 6.39. The summed E-state index contributed by atoms with van der Waals surface area (Å²) in [5.74, 6) is -0.454. The summed E-state index contributed by atoms with van der Waals surface area (Å²) in [7, 11) is 0. The average molecular weight is 253 g/mol. The number of rotatable bonds is 5. The summed E-state index contributed by atoms with van der Waals surface area (Å²) in [6.07, 6.45) is 4.95. The standard InChI is InChI=1S/C12H19N3O3/c1-2-17-11(16)10-8-18-12(15-10)14-7-9-5-3-4-6-13-9/h8-9,13H,2-7H2,1H3,(H,14,15). The summed E-state index contributed by atoms with van der Waals surface area (Å²) in [5, 5.41) is 6.50. The number of carbonyl (C=O) groups is 1. The van der Waals surface area contributed by atoms with E-state index in [1.807, 2.05) is 0 Å². The van der Waals surface area contributed by atoms with E-state index in [2.05, 4.69) is 15.6 Å². The van der Waals surface area contributed by atoms with Gasteiger partial charge in [0, 0.05) is 12.6 Å². The van der Waals surface area contributed by atoms with Crippen LogP contribution < -0.4 is 10.6 Å². The van der Waals surface area contributed by atoms with Crippen LogP contribution in [-0.2, 0) is 4.74 Å². The van der Waals surface area contributed by atoms with E-state index in [0.717, 1.165) is 19.5 Å². The lowest BCUT2D eigenvalue weighted by molar-refractivity contribution is 0.0519. The van der Waals surface area contributed by atoms with E-state index in [-0.39, 0.29) is 5.69 Å². The van der Waals surface area contributed by atoms with Crippen LogP contribution in [0.1, 0.15) is 36.7 Å². The molecule has 2 heterocycles. The van der Waals surface area contributed by atoms with Gasteiger partial charge in [0.25, 0.3) is 6.01 Å². The van der Waals surface area contributed by atoms with Crippen molar-refractivity contribution < 1.29 is 13.9 Å². The van der Waals surface area contributed by atoms with Crippen molar-refractivity contribution in [3.63, 3.8) is 0 Å². The van der Waals surface area contributed by atoms with Crippen molar-refractivity contribution in [1.29, 1.82) is 0 Å². The number of oxazole rings is 1. The van der Waals surface area contributed by atoms with Crippen LogP contribution in [0.5, 0.6) is 0 Å². The first kappa shape index (κ1) is 12.9. The van der Waals surface area contributed by atoms with Gasteiger partial charge in [-0.3, -0.25) is 0 Å². The van der Waals surface area contributed by atoms with Gasteiger partial charge in [0.05, 0.1) is 6.61 Å². The number of esters is 1. The first-order valence-electron chi connectivity index (χ1n) is 6.39. The van der Waals surface area contributed by atoms with Gasteiger partial charge in [-0.15, -0.1) is 0 Å². The highest BCUT2D eigenvalue weighted by atomic mass is 16.5. The molecule has 0 amide bonds. The molecular weight excluding hydrogens is 234 g/mol. The van der Waals surface area contributed by atoms with E-state index < -0.39 is 5.97 Å². The zero-order valence-electron chi connectivity index (χ0n) is 10.6. The number of anilines is 1. The molecule has 1 atom stereocenters. The third-order valence-electron chi connectivity index (χ3n) is 2.90. The molecule has 6 heteroatoms. The van der Waals surface area contributed by atoms with E-state index in [0.29, 0.717) is 18.7 Å². The van der Waals surface area contributed by atoms with Crippen LogP contribution in [0.3, 0.4) is 0 Å². The zero-order valence-corrected chi connectivity index (χ0v) is 10.6. The molecule has 6 nitrogen and oxygen atoms in total. The molecule has 0 bridgehead atoms. The Morgan fingerprint density at radius 3 is 3.28 bits per heavy atom. The van der Waals surface area contributed by atoms with Crippen molar-refractivity contribution in [1.82, 2.24) is 10.3 Å². The van der Waals surface area contributed by atoms with E-state index >= 15 is 0 Å². The van der Waals surface area contributed by atoms with Gasteiger partial charge >= 0.3 is 5.97 Å². The highest BCUT2D eigenvalue weighted by Gasteiger charge is 2.15. The number of hydrogen-bond acceptors (Lipinski definition) is 6. The predicted molar refractivity (Wildman–Crippen MR) is 66.6 cm³/mol. The van der Waals surface area contributed by atoms with Crippen LogP contribution >= 0.6 is 0 Å². The predicted octanol–water partition coefficient (Wildman–Crippen LogP) is 1.41. The van der Waals surface area contributed by atoms with E-state index in [4.69, 9.17) is 9.15 Å². The first-order valence-corrected chi connectivity index (χ1v) is 6.39. The molecule has 1 aromatic rings. The lowest BCUT2D eigenvalue weighted by Crippen LogP contribution is -2.39. The minimum Gasteiger partial charge on any atom is -0.461 e. The van der Waals surface area contributed by atoms with Crippen LogP contribution in [0.15, 0.2) is 10.7 Å². The van der Waals surface area contributed by atoms with Gasteiger partial charge in [0.1, 0.15) is 6.26 Å². The van der Waals surface area contributed by atoms with Gasteiger partial charge in [-0.2, -0.15) is 4.98 Å². The normalized spacial score (nSPS) is 19.5. The third-order valence-corrected chi connectivity index (χ3v) is 2.90. The Hall–Kier alpha value is -1.56. The number of nitrogens with one attached hydrogen (secondary N) is 2. The fourth-order valence-electron chi connectivity index (χ4n) is 1.96. The topological polar surface area (TPSA) is 76.4 Å². The van der Waals surface area contributed by atoms with Crippen molar-refractivity contribution in [2.75, 3.05) is 25.0 Å². The zero-order chi connectivity index (χ0) is 12.8. The van der Waals surface area contributed by atoms with Gasteiger partial charge in [0.2, 0.25) is 0 Å². The van der Waals surface area contributed by atoms with Crippen molar-refractivity contribution >= 4 is 12.0 Å². The van der Waals surface area contributed by atoms with Gasteiger partial charge < -0.3 is 19.8 Å². The molecule has 2 rings (SSSR count). The molecule has 1 unspecified atom stereocenters. The van der Waals surface area contributed by atoms with Crippen LogP contribution in [-0.4, -0.2) is 36.7 Å². The summed E-state index contributed by atoms with van der Waals surface area (Å²) >= 11 is 0. The molecule has 1 aromatic heterocycles. The molecule has 0 spiro atoms. The smallest absolute Gasteiger partial charge is 0.360 e. The Labute approximate surface area is 106 Å². The summed E-state index contributed by atoms with van der Waals surface area (Å²) in [6, 6.07) is 0.808. The first-order chi connectivity index (χ1) is 8.79. The van der Waals surface area contributed by atoms with Crippen molar-refractivity contribution in [2.45, 2.75) is 32.2 Å². The number of carbonyl (C=O) groups excluding carboxylic acids is 1. The molecule has 0 radical (unpaired) electrons. The SMILES string of the molecule is CCOC(=O)c1coc(NCC2CCCCN2)n1. The minimum atomic E-state index is -0.454. The maximum absolute atomic E-state index is 11.4. The molecular formula is C12H19N3O3. The molecule has 18 heavy (non-hydrogen) atoms. The van der Waals surface area contributed by atoms with Crippen LogP contribution in [0.2, 0.25) is 0 Å². The average Bonchev–Trinajstić information content (AvgIpc) is 2.87. The number of ether oxygens (including phenoxy) is 1. The molecule has 0 aromatic carbocycles. The Kier molecular flexibility index (Phi) is 4.58. The summed E-state index contributed by atoms with van der Waals surface area (Å²) in [4.78, 5) is 15.4. The molecule has 2 N–H and O–H groups in total. The Morgan fingerprint density at radius 1 is 1.67 bits per heavy atom. The van der Waals surface area contributed by atoms with Gasteiger partial charge in [-0.25, -0.2) is 4.79 Å². The van der Waals surface area contributed by atoms with Crippen LogP contribution in [0.4, 0.5) is 6.01 Å². The van der Waals surface area contributed by atoms with Crippen LogP contribution in [0.25, 0.3) is 0 Å². The van der Waals surface area contributed by atoms with E-state index in [9.17, 15) is 4.79 Å². The third kappa shape index (κ3) is 3.46. The number of hydrogen-bond donors (Lipinski definition) is 2. The fourth-order valence-corrected chi connectivity index (χ4v) is 1.96. The lowest BCUT2D eigenvalue weighted by atomic mass is 10.1. The molecule has 1 aliphatic rings. The minimum absolute atomic E-state index is 0.205. The molecule has 0 aliphatic carbocycles. The van der Waals surface area contributed by atoms with E-state index in [1.165, 1.54) is 19.1 Å². The maximum atomic E-state index is 11.4. The van der Waals surface area contributed by atoms with Crippen LogP contribution in [0, 0.1) is 0 Å². The molecule has 1 fully saturated rings. The summed E-state index contributed by atoms with van der Waals surface area (Å²) in [6.45, 7) is 3.90. The number of piperidine rings is 1. The molecule has 1 saturated heterocycles. The van der Waals surface area contributed by atoms with Gasteiger partial charge in [0.15, 0.2) is 5.69 Å². The number of nitrogens with zero attached hydrogens (tertiary/aromatic N) is 1. The Balaban J connectivity index is 1.80. The fraction of sp³-hybridized carbons (Fsp3) is 0.667. The monoisotopic (exact) mass is 253 g/mol. The number of aromatic nitrogens is 1. The Bertz CT molecular complexity index is 386. The molecule has 100 valence electrons. The van der Waals surface area contributed by atoms with Crippen molar-refractivity contribution in [3.05, 3.63) is 12.0 Å². The Morgan fingerprint density at radius 2 is 2.56 bits per heavy atom. The quantitative estimate of drug-likeness (QED) is 0.773. The summed E-state index contributed by atoms with van der Waals surface area (Å²) < 4.78 is 10.0. The van der Waals surface area contributed by atoms with Gasteiger partial charge in [-0.1, -0.05) is 6.42 Å². The van der Waals surface area contributed by atoms with Crippen molar-refractivity contribution in [3.8, 4) is 0 Å². The second-order valence-corrected chi connectivity index (χ2v) is 4.29. The van der Waals surface area contributed by atoms with E-state index in [1.54, 1.807) is 6.92 Å². The molecule has 1 aliphatic heterocycles. The summed E-state index contributed by atoms with van der Waals surface area (Å²) in [5.41, 5.74) is 0.205. The van der Waals surface area contributed by atoms with Crippen molar-refractivity contribution in [2.24, 2.45) is 0 Å². The highest BCUT2D eigenvalue weighted by Crippen LogP contribution is 2.11. The second-order valence-electron chi connectivity index (χ2n) is 4.29. The maximum Gasteiger partial charge on any atom is 0.360 e.